The molecule has 0 saturated carbocycles. The fraction of sp³-hybridized carbons (Fsp3) is 0.500. The maximum Gasteiger partial charge on any atom is 0.224 e. The molecule has 1 aliphatic heterocycles. The van der Waals surface area contributed by atoms with Gasteiger partial charge in [-0.1, -0.05) is 13.0 Å². The summed E-state index contributed by atoms with van der Waals surface area (Å²) < 4.78 is 0. The van der Waals surface area contributed by atoms with Crippen molar-refractivity contribution in [2.24, 2.45) is 11.8 Å². The van der Waals surface area contributed by atoms with Crippen LogP contribution >= 0.6 is 0 Å². The lowest BCUT2D eigenvalue weighted by molar-refractivity contribution is -0.125. The van der Waals surface area contributed by atoms with Gasteiger partial charge in [0.2, 0.25) is 5.91 Å². The van der Waals surface area contributed by atoms with Gasteiger partial charge in [0.05, 0.1) is 5.92 Å². The highest BCUT2D eigenvalue weighted by molar-refractivity contribution is 5.79. The Bertz CT molecular complexity index is 353. The first kappa shape index (κ1) is 11.1. The Kier molecular flexibility index (Phi) is 3.51. The predicted molar refractivity (Wildman–Crippen MR) is 61.6 cm³/mol. The summed E-state index contributed by atoms with van der Waals surface area (Å²) in [5.41, 5.74) is 1.04. The molecule has 1 amide bonds. The molecule has 0 bridgehead atoms. The first-order valence-electron chi connectivity index (χ1n) is 5.64. The van der Waals surface area contributed by atoms with Crippen LogP contribution in [0.5, 0.6) is 0 Å². The molecular weight excluding hydrogens is 202 g/mol. The summed E-state index contributed by atoms with van der Waals surface area (Å²) in [6.45, 7) is 4.40. The van der Waals surface area contributed by atoms with Gasteiger partial charge < -0.3 is 10.6 Å². The number of amides is 1. The smallest absolute Gasteiger partial charge is 0.224 e. The van der Waals surface area contributed by atoms with Crippen molar-refractivity contribution in [3.63, 3.8) is 0 Å². The highest BCUT2D eigenvalue weighted by Gasteiger charge is 2.29. The van der Waals surface area contributed by atoms with E-state index >= 15 is 0 Å². The molecule has 2 rings (SSSR count). The number of carbonyl (C=O) groups is 1. The fourth-order valence-corrected chi connectivity index (χ4v) is 1.98. The summed E-state index contributed by atoms with van der Waals surface area (Å²) in [6.07, 6.45) is 3.50. The monoisotopic (exact) mass is 219 g/mol. The van der Waals surface area contributed by atoms with Crippen LogP contribution in [0.4, 0.5) is 0 Å². The van der Waals surface area contributed by atoms with E-state index in [2.05, 4.69) is 22.5 Å². The first-order chi connectivity index (χ1) is 7.77. The normalized spacial score (nSPS) is 24.3. The number of hydrogen-bond acceptors (Lipinski definition) is 3. The topological polar surface area (TPSA) is 54.0 Å². The summed E-state index contributed by atoms with van der Waals surface area (Å²) >= 11 is 0. The second kappa shape index (κ2) is 5.07. The van der Waals surface area contributed by atoms with E-state index in [9.17, 15) is 4.79 Å². The molecule has 0 spiro atoms. The molecule has 1 aliphatic rings. The predicted octanol–water partition coefficient (Wildman–Crippen LogP) is 0.553. The van der Waals surface area contributed by atoms with Gasteiger partial charge in [0.1, 0.15) is 0 Å². The lowest BCUT2D eigenvalue weighted by Crippen LogP contribution is -2.33. The highest BCUT2D eigenvalue weighted by atomic mass is 16.1. The zero-order valence-electron chi connectivity index (χ0n) is 9.44. The Morgan fingerprint density at radius 1 is 1.62 bits per heavy atom. The zero-order valence-corrected chi connectivity index (χ0v) is 9.44. The lowest BCUT2D eigenvalue weighted by atomic mass is 9.97. The minimum Gasteiger partial charge on any atom is -0.352 e. The third-order valence-electron chi connectivity index (χ3n) is 3.04. The molecule has 2 heterocycles. The molecule has 0 aliphatic carbocycles. The van der Waals surface area contributed by atoms with Crippen molar-refractivity contribution in [3.05, 3.63) is 30.1 Å². The Balaban J connectivity index is 1.84. The molecule has 1 aromatic rings. The molecule has 2 N–H and O–H groups in total. The van der Waals surface area contributed by atoms with Crippen molar-refractivity contribution in [2.75, 3.05) is 13.1 Å². The summed E-state index contributed by atoms with van der Waals surface area (Å²) in [5, 5.41) is 6.18. The Labute approximate surface area is 95.5 Å². The van der Waals surface area contributed by atoms with Crippen molar-refractivity contribution in [2.45, 2.75) is 13.5 Å². The lowest BCUT2D eigenvalue weighted by Gasteiger charge is -2.13. The van der Waals surface area contributed by atoms with Gasteiger partial charge in [-0.25, -0.2) is 0 Å². The Hall–Kier alpha value is -1.42. The standard InChI is InChI=1S/C12H17N3O/c1-9-5-14-8-11(9)12(16)15-7-10-3-2-4-13-6-10/h2-4,6,9,11,14H,5,7-8H2,1H3,(H,15,16). The molecular formula is C12H17N3O. The van der Waals surface area contributed by atoms with Crippen molar-refractivity contribution < 1.29 is 4.79 Å². The van der Waals surface area contributed by atoms with Crippen LogP contribution < -0.4 is 10.6 Å². The SMILES string of the molecule is CC1CNCC1C(=O)NCc1cccnc1. The third-order valence-corrected chi connectivity index (χ3v) is 3.04. The second-order valence-electron chi connectivity index (χ2n) is 4.32. The fourth-order valence-electron chi connectivity index (χ4n) is 1.98. The van der Waals surface area contributed by atoms with E-state index in [1.54, 1.807) is 12.4 Å². The summed E-state index contributed by atoms with van der Waals surface area (Å²) in [5.74, 6) is 0.673. The van der Waals surface area contributed by atoms with Gasteiger partial charge in [0.15, 0.2) is 0 Å². The maximum absolute atomic E-state index is 11.9. The molecule has 1 aromatic heterocycles. The highest BCUT2D eigenvalue weighted by Crippen LogP contribution is 2.15. The van der Waals surface area contributed by atoms with Crippen LogP contribution in [0, 0.1) is 11.8 Å². The van der Waals surface area contributed by atoms with Crippen LogP contribution in [0.3, 0.4) is 0 Å². The molecule has 1 fully saturated rings. The minimum absolute atomic E-state index is 0.108. The Morgan fingerprint density at radius 2 is 2.50 bits per heavy atom. The van der Waals surface area contributed by atoms with Crippen LogP contribution in [-0.4, -0.2) is 24.0 Å². The number of rotatable bonds is 3. The summed E-state index contributed by atoms with van der Waals surface area (Å²) in [7, 11) is 0. The number of nitrogens with zero attached hydrogens (tertiary/aromatic N) is 1. The molecule has 1 saturated heterocycles. The molecule has 86 valence electrons. The van der Waals surface area contributed by atoms with Gasteiger partial charge in [-0.05, 0) is 24.1 Å². The molecule has 16 heavy (non-hydrogen) atoms. The van der Waals surface area contributed by atoms with E-state index in [4.69, 9.17) is 0 Å². The van der Waals surface area contributed by atoms with Gasteiger partial charge >= 0.3 is 0 Å². The third kappa shape index (κ3) is 2.58. The number of pyridine rings is 1. The van der Waals surface area contributed by atoms with E-state index in [1.807, 2.05) is 12.1 Å². The average molecular weight is 219 g/mol. The first-order valence-corrected chi connectivity index (χ1v) is 5.64. The van der Waals surface area contributed by atoms with Crippen molar-refractivity contribution in [1.29, 1.82) is 0 Å². The number of aromatic nitrogens is 1. The van der Waals surface area contributed by atoms with Gasteiger partial charge in [-0.2, -0.15) is 0 Å². The number of carbonyl (C=O) groups excluding carboxylic acids is 1. The van der Waals surface area contributed by atoms with Crippen molar-refractivity contribution in [1.82, 2.24) is 15.6 Å². The number of hydrogen-bond donors (Lipinski definition) is 2. The van der Waals surface area contributed by atoms with E-state index in [-0.39, 0.29) is 11.8 Å². The van der Waals surface area contributed by atoms with E-state index in [0.717, 1.165) is 18.7 Å². The molecule has 0 aromatic carbocycles. The van der Waals surface area contributed by atoms with E-state index in [0.29, 0.717) is 12.5 Å². The van der Waals surface area contributed by atoms with Gasteiger partial charge in [-0.15, -0.1) is 0 Å². The molecule has 4 heteroatoms. The molecule has 0 radical (unpaired) electrons. The van der Waals surface area contributed by atoms with Gasteiger partial charge in [0, 0.05) is 25.5 Å². The largest absolute Gasteiger partial charge is 0.352 e. The maximum atomic E-state index is 11.9. The molecule has 2 unspecified atom stereocenters. The minimum atomic E-state index is 0.108. The second-order valence-corrected chi connectivity index (χ2v) is 4.32. The van der Waals surface area contributed by atoms with E-state index in [1.165, 1.54) is 0 Å². The van der Waals surface area contributed by atoms with Crippen LogP contribution in [0.2, 0.25) is 0 Å². The van der Waals surface area contributed by atoms with Crippen LogP contribution in [0.25, 0.3) is 0 Å². The van der Waals surface area contributed by atoms with Crippen molar-refractivity contribution in [3.8, 4) is 0 Å². The summed E-state index contributed by atoms with van der Waals surface area (Å²) in [4.78, 5) is 15.9. The van der Waals surface area contributed by atoms with Gasteiger partial charge in [-0.3, -0.25) is 9.78 Å². The Morgan fingerprint density at radius 3 is 3.12 bits per heavy atom. The molecule has 2 atom stereocenters. The molecule has 4 nitrogen and oxygen atoms in total. The van der Waals surface area contributed by atoms with Crippen molar-refractivity contribution >= 4 is 5.91 Å². The van der Waals surface area contributed by atoms with Crippen LogP contribution in [0.1, 0.15) is 12.5 Å². The van der Waals surface area contributed by atoms with E-state index < -0.39 is 0 Å². The van der Waals surface area contributed by atoms with Crippen LogP contribution in [0.15, 0.2) is 24.5 Å². The quantitative estimate of drug-likeness (QED) is 0.780. The average Bonchev–Trinajstić information content (AvgIpc) is 2.74. The van der Waals surface area contributed by atoms with Gasteiger partial charge in [0.25, 0.3) is 0 Å². The van der Waals surface area contributed by atoms with Crippen LogP contribution in [-0.2, 0) is 11.3 Å². The number of nitrogens with one attached hydrogen (secondary N) is 2. The summed E-state index contributed by atoms with van der Waals surface area (Å²) in [6, 6.07) is 3.84. The zero-order chi connectivity index (χ0) is 11.4.